The zero-order chi connectivity index (χ0) is 20.4. The third-order valence-electron chi connectivity index (χ3n) is 4.60. The molecule has 1 atom stereocenters. The number of carbonyl (C=O) groups is 1. The van der Waals surface area contributed by atoms with Crippen LogP contribution in [0.25, 0.3) is 0 Å². The van der Waals surface area contributed by atoms with E-state index < -0.39 is 12.6 Å². The molecule has 1 amide bonds. The van der Waals surface area contributed by atoms with Crippen molar-refractivity contribution in [2.75, 3.05) is 18.1 Å². The molecular weight excluding hydrogens is 353 g/mol. The number of nitrogens with zero attached hydrogens (tertiary/aromatic N) is 1. The lowest BCUT2D eigenvalue weighted by Crippen LogP contribution is -2.34. The number of para-hydroxylation sites is 3. The molecule has 0 saturated carbocycles. The number of alkyl halides is 1. The van der Waals surface area contributed by atoms with Crippen LogP contribution in [0.3, 0.4) is 0 Å². The predicted octanol–water partition coefficient (Wildman–Crippen LogP) is 6.55. The number of allylic oxidation sites excluding steroid dienone is 2. The van der Waals surface area contributed by atoms with Crippen LogP contribution in [0.4, 0.5) is 10.1 Å². The van der Waals surface area contributed by atoms with Gasteiger partial charge in [0, 0.05) is 6.54 Å². The second-order valence-corrected chi connectivity index (χ2v) is 7.31. The molecule has 0 radical (unpaired) electrons. The maximum Gasteiger partial charge on any atom is 0.258 e. The van der Waals surface area contributed by atoms with Crippen LogP contribution in [0.5, 0.6) is 11.5 Å². The molecule has 28 heavy (non-hydrogen) atoms. The lowest BCUT2D eigenvalue weighted by molar-refractivity contribution is -0.119. The molecule has 3 nitrogen and oxygen atoms in total. The second-order valence-electron chi connectivity index (χ2n) is 7.31. The number of halogens is 1. The molecule has 0 aliphatic rings. The van der Waals surface area contributed by atoms with Crippen molar-refractivity contribution in [2.24, 2.45) is 5.92 Å². The summed E-state index contributed by atoms with van der Waals surface area (Å²) in [5.41, 5.74) is 1.92. The Labute approximate surface area is 167 Å². The topological polar surface area (TPSA) is 29.5 Å². The summed E-state index contributed by atoms with van der Waals surface area (Å²) in [6.45, 7) is 5.80. The summed E-state index contributed by atoms with van der Waals surface area (Å²) in [6, 6.07) is 16.7. The summed E-state index contributed by atoms with van der Waals surface area (Å²) < 4.78 is 19.2. The first-order valence-electron chi connectivity index (χ1n) is 9.83. The van der Waals surface area contributed by atoms with Crippen LogP contribution < -0.4 is 9.64 Å². The van der Waals surface area contributed by atoms with Gasteiger partial charge in [-0.3, -0.25) is 4.79 Å². The second kappa shape index (κ2) is 11.3. The van der Waals surface area contributed by atoms with E-state index in [4.69, 9.17) is 4.74 Å². The summed E-state index contributed by atoms with van der Waals surface area (Å²) in [5.74, 6) is 1.12. The van der Waals surface area contributed by atoms with Crippen LogP contribution in [-0.2, 0) is 4.79 Å². The van der Waals surface area contributed by atoms with E-state index in [1.54, 1.807) is 12.1 Å². The molecule has 2 aromatic carbocycles. The van der Waals surface area contributed by atoms with E-state index >= 15 is 0 Å². The number of ether oxygens (including phenoxy) is 1. The molecule has 4 heteroatoms. The average Bonchev–Trinajstić information content (AvgIpc) is 2.69. The Morgan fingerprint density at radius 3 is 2.43 bits per heavy atom. The van der Waals surface area contributed by atoms with E-state index in [2.05, 4.69) is 26.8 Å². The Bertz CT molecular complexity index is 769. The highest BCUT2D eigenvalue weighted by Crippen LogP contribution is 2.33. The third kappa shape index (κ3) is 6.84. The van der Waals surface area contributed by atoms with E-state index in [9.17, 15) is 9.18 Å². The fraction of sp³-hybridized carbons (Fsp3) is 0.375. The maximum absolute atomic E-state index is 13.3. The van der Waals surface area contributed by atoms with Crippen molar-refractivity contribution in [3.8, 4) is 11.5 Å². The minimum atomic E-state index is -1.02. The van der Waals surface area contributed by atoms with Gasteiger partial charge in [-0.2, -0.15) is 0 Å². The van der Waals surface area contributed by atoms with Crippen molar-refractivity contribution < 1.29 is 13.9 Å². The monoisotopic (exact) mass is 383 g/mol. The first-order chi connectivity index (χ1) is 13.5. The molecule has 0 aromatic heterocycles. The van der Waals surface area contributed by atoms with Crippen LogP contribution in [-0.4, -0.2) is 19.1 Å². The minimum absolute atomic E-state index is 0.438. The SMILES string of the molecule is CC(C)=CCC[C@H](C)CCN(C(=O)CF)c1ccccc1Oc1ccccc1. The average molecular weight is 384 g/mol. The van der Waals surface area contributed by atoms with Crippen LogP contribution in [0.1, 0.15) is 40.0 Å². The molecule has 0 fully saturated rings. The van der Waals surface area contributed by atoms with Gasteiger partial charge in [-0.1, -0.05) is 48.9 Å². The summed E-state index contributed by atoms with van der Waals surface area (Å²) in [5, 5.41) is 0. The van der Waals surface area contributed by atoms with Crippen molar-refractivity contribution in [2.45, 2.75) is 40.0 Å². The van der Waals surface area contributed by atoms with Crippen LogP contribution in [0.15, 0.2) is 66.2 Å². The van der Waals surface area contributed by atoms with Crippen LogP contribution in [0, 0.1) is 5.92 Å². The molecule has 0 aliphatic heterocycles. The summed E-state index contributed by atoms with van der Waals surface area (Å²) >= 11 is 0. The first kappa shape index (κ1) is 21.7. The number of amides is 1. The molecule has 150 valence electrons. The number of anilines is 1. The van der Waals surface area contributed by atoms with Crippen molar-refractivity contribution in [1.82, 2.24) is 0 Å². The van der Waals surface area contributed by atoms with Crippen LogP contribution in [0.2, 0.25) is 0 Å². The highest BCUT2D eigenvalue weighted by molar-refractivity contribution is 5.95. The van der Waals surface area contributed by atoms with Gasteiger partial charge in [0.2, 0.25) is 0 Å². The lowest BCUT2D eigenvalue weighted by Gasteiger charge is -2.25. The fourth-order valence-corrected chi connectivity index (χ4v) is 2.98. The van der Waals surface area contributed by atoms with E-state index in [1.807, 2.05) is 42.5 Å². The van der Waals surface area contributed by atoms with Gasteiger partial charge < -0.3 is 9.64 Å². The van der Waals surface area contributed by atoms with E-state index in [-0.39, 0.29) is 0 Å². The Hall–Kier alpha value is -2.62. The van der Waals surface area contributed by atoms with Crippen molar-refractivity contribution in [3.63, 3.8) is 0 Å². The van der Waals surface area contributed by atoms with Crippen molar-refractivity contribution in [3.05, 3.63) is 66.2 Å². The van der Waals surface area contributed by atoms with Gasteiger partial charge >= 0.3 is 0 Å². The molecular formula is C24H30FNO2. The van der Waals surface area contributed by atoms with E-state index in [1.165, 1.54) is 10.5 Å². The Balaban J connectivity index is 2.12. The number of benzene rings is 2. The molecule has 2 rings (SSSR count). The Morgan fingerprint density at radius 2 is 1.75 bits per heavy atom. The lowest BCUT2D eigenvalue weighted by atomic mass is 10.0. The van der Waals surface area contributed by atoms with Crippen LogP contribution >= 0.6 is 0 Å². The molecule has 0 saturated heterocycles. The highest BCUT2D eigenvalue weighted by Gasteiger charge is 2.20. The number of hydrogen-bond donors (Lipinski definition) is 0. The number of hydrogen-bond acceptors (Lipinski definition) is 2. The summed E-state index contributed by atoms with van der Waals surface area (Å²) in [7, 11) is 0. The Kier molecular flexibility index (Phi) is 8.73. The molecule has 2 aromatic rings. The summed E-state index contributed by atoms with van der Waals surface area (Å²) in [4.78, 5) is 13.8. The number of carbonyl (C=O) groups excluding carboxylic acids is 1. The molecule has 0 aliphatic carbocycles. The standard InChI is InChI=1S/C24H30FNO2/c1-19(2)10-9-11-20(3)16-17-26(24(27)18-25)22-14-7-8-15-23(22)28-21-12-5-4-6-13-21/h4-8,10,12-15,20H,9,11,16-18H2,1-3H3/t20-/m0/s1. The van der Waals surface area contributed by atoms with Gasteiger partial charge in [0.05, 0.1) is 5.69 Å². The van der Waals surface area contributed by atoms with Gasteiger partial charge in [-0.25, -0.2) is 4.39 Å². The first-order valence-corrected chi connectivity index (χ1v) is 9.83. The van der Waals surface area contributed by atoms with Gasteiger partial charge in [0.15, 0.2) is 12.4 Å². The zero-order valence-electron chi connectivity index (χ0n) is 17.0. The van der Waals surface area contributed by atoms with Gasteiger partial charge in [0.25, 0.3) is 5.91 Å². The van der Waals surface area contributed by atoms with E-state index in [0.29, 0.717) is 29.6 Å². The quantitative estimate of drug-likeness (QED) is 0.435. The normalized spacial score (nSPS) is 11.6. The fourth-order valence-electron chi connectivity index (χ4n) is 2.98. The molecule has 0 spiro atoms. The Morgan fingerprint density at radius 1 is 1.07 bits per heavy atom. The molecule has 0 bridgehead atoms. The highest BCUT2D eigenvalue weighted by atomic mass is 19.1. The molecule has 0 heterocycles. The minimum Gasteiger partial charge on any atom is -0.455 e. The van der Waals surface area contributed by atoms with E-state index in [0.717, 1.165) is 19.3 Å². The van der Waals surface area contributed by atoms with Crippen molar-refractivity contribution >= 4 is 11.6 Å². The predicted molar refractivity (Wildman–Crippen MR) is 114 cm³/mol. The molecule has 0 N–H and O–H groups in total. The third-order valence-corrected chi connectivity index (χ3v) is 4.60. The smallest absolute Gasteiger partial charge is 0.258 e. The largest absolute Gasteiger partial charge is 0.455 e. The van der Waals surface area contributed by atoms with Crippen molar-refractivity contribution in [1.29, 1.82) is 0 Å². The summed E-state index contributed by atoms with van der Waals surface area (Å²) in [6.07, 6.45) is 5.10. The zero-order valence-corrected chi connectivity index (χ0v) is 17.0. The maximum atomic E-state index is 13.3. The van der Waals surface area contributed by atoms with Gasteiger partial charge in [-0.15, -0.1) is 0 Å². The van der Waals surface area contributed by atoms with Gasteiger partial charge in [0.1, 0.15) is 5.75 Å². The van der Waals surface area contributed by atoms with Gasteiger partial charge in [-0.05, 0) is 63.3 Å². The number of rotatable bonds is 10. The molecule has 0 unspecified atom stereocenters.